The van der Waals surface area contributed by atoms with Crippen LogP contribution in [-0.4, -0.2) is 18.5 Å². The van der Waals surface area contributed by atoms with E-state index in [1.54, 1.807) is 12.1 Å². The first kappa shape index (κ1) is 16.6. The molecule has 0 aromatic heterocycles. The normalized spacial score (nSPS) is 15.7. The lowest BCUT2D eigenvalue weighted by molar-refractivity contribution is -0.130. The minimum atomic E-state index is -2.98. The van der Waals surface area contributed by atoms with Crippen molar-refractivity contribution in [3.63, 3.8) is 0 Å². The highest BCUT2D eigenvalue weighted by Gasteiger charge is 2.26. The van der Waals surface area contributed by atoms with Crippen LogP contribution >= 0.6 is 0 Å². The summed E-state index contributed by atoms with van der Waals surface area (Å²) in [6.07, 6.45) is 4.97. The number of para-hydroxylation sites is 1. The zero-order valence-electron chi connectivity index (χ0n) is 12.9. The van der Waals surface area contributed by atoms with Crippen molar-refractivity contribution >= 4 is 17.9 Å². The summed E-state index contributed by atoms with van der Waals surface area (Å²) in [5.41, 5.74) is 1.23. The second-order valence-corrected chi connectivity index (χ2v) is 5.00. The SMILES string of the molecule is O=C1OC(c2ccccc2OC(F)F)=N/C1=C\C=C\c1ccccc1. The smallest absolute Gasteiger partial charge is 0.387 e. The molecule has 6 heteroatoms. The number of hydrogen-bond acceptors (Lipinski definition) is 4. The van der Waals surface area contributed by atoms with Crippen LogP contribution in [0.5, 0.6) is 5.75 Å². The van der Waals surface area contributed by atoms with E-state index in [9.17, 15) is 13.6 Å². The van der Waals surface area contributed by atoms with E-state index >= 15 is 0 Å². The Morgan fingerprint density at radius 1 is 1.04 bits per heavy atom. The molecule has 0 spiro atoms. The molecule has 0 unspecified atom stereocenters. The Morgan fingerprint density at radius 2 is 1.76 bits per heavy atom. The quantitative estimate of drug-likeness (QED) is 0.605. The lowest BCUT2D eigenvalue weighted by atomic mass is 10.2. The number of aliphatic imine (C=N–C) groups is 1. The first-order valence-corrected chi connectivity index (χ1v) is 7.42. The zero-order chi connectivity index (χ0) is 17.6. The summed E-state index contributed by atoms with van der Waals surface area (Å²) in [5.74, 6) is -0.828. The van der Waals surface area contributed by atoms with Gasteiger partial charge < -0.3 is 9.47 Å². The topological polar surface area (TPSA) is 47.9 Å². The molecule has 126 valence electrons. The zero-order valence-corrected chi connectivity index (χ0v) is 12.9. The van der Waals surface area contributed by atoms with Gasteiger partial charge in [0.1, 0.15) is 5.75 Å². The summed E-state index contributed by atoms with van der Waals surface area (Å²) >= 11 is 0. The summed E-state index contributed by atoms with van der Waals surface area (Å²) in [7, 11) is 0. The maximum atomic E-state index is 12.5. The highest BCUT2D eigenvalue weighted by atomic mass is 19.3. The van der Waals surface area contributed by atoms with Gasteiger partial charge in [0.2, 0.25) is 5.90 Å². The van der Waals surface area contributed by atoms with Crippen LogP contribution in [0.1, 0.15) is 11.1 Å². The number of benzene rings is 2. The molecular formula is C19H13F2NO3. The lowest BCUT2D eigenvalue weighted by Gasteiger charge is -2.08. The fourth-order valence-corrected chi connectivity index (χ4v) is 2.20. The highest BCUT2D eigenvalue weighted by molar-refractivity contribution is 6.12. The molecule has 0 amide bonds. The molecule has 0 aliphatic carbocycles. The Balaban J connectivity index is 1.83. The van der Waals surface area contributed by atoms with Crippen LogP contribution in [0.15, 0.2) is 77.4 Å². The summed E-state index contributed by atoms with van der Waals surface area (Å²) in [5, 5.41) is 0. The van der Waals surface area contributed by atoms with Gasteiger partial charge in [-0.2, -0.15) is 8.78 Å². The van der Waals surface area contributed by atoms with E-state index in [0.717, 1.165) is 5.56 Å². The standard InChI is InChI=1S/C19H13F2NO3/c20-19(21)24-16-12-5-4-10-14(16)17-22-15(18(23)25-17)11-6-9-13-7-2-1-3-8-13/h1-12,19H/b9-6+,15-11-. The van der Waals surface area contributed by atoms with Gasteiger partial charge in [-0.25, -0.2) is 9.79 Å². The number of rotatable bonds is 5. The number of carbonyl (C=O) groups is 1. The van der Waals surface area contributed by atoms with Crippen LogP contribution in [-0.2, 0) is 9.53 Å². The number of alkyl halides is 2. The molecule has 1 aliphatic rings. The highest BCUT2D eigenvalue weighted by Crippen LogP contribution is 2.25. The third kappa shape index (κ3) is 4.17. The Morgan fingerprint density at radius 3 is 2.52 bits per heavy atom. The van der Waals surface area contributed by atoms with E-state index in [1.165, 1.54) is 24.3 Å². The lowest BCUT2D eigenvalue weighted by Crippen LogP contribution is -2.10. The van der Waals surface area contributed by atoms with Crippen LogP contribution < -0.4 is 4.74 Å². The van der Waals surface area contributed by atoms with Crippen LogP contribution in [0.4, 0.5) is 8.78 Å². The van der Waals surface area contributed by atoms with Crippen molar-refractivity contribution in [1.29, 1.82) is 0 Å². The summed E-state index contributed by atoms with van der Waals surface area (Å²) in [6.45, 7) is -2.98. The summed E-state index contributed by atoms with van der Waals surface area (Å²) < 4.78 is 34.5. The number of hydrogen-bond donors (Lipinski definition) is 0. The molecule has 0 bridgehead atoms. The van der Waals surface area contributed by atoms with Gasteiger partial charge >= 0.3 is 12.6 Å². The first-order valence-electron chi connectivity index (χ1n) is 7.42. The van der Waals surface area contributed by atoms with E-state index in [0.29, 0.717) is 0 Å². The van der Waals surface area contributed by atoms with Crippen molar-refractivity contribution in [2.24, 2.45) is 4.99 Å². The largest absolute Gasteiger partial charge is 0.434 e. The first-order chi connectivity index (χ1) is 12.1. The van der Waals surface area contributed by atoms with E-state index in [1.807, 2.05) is 36.4 Å². The average molecular weight is 341 g/mol. The molecule has 0 atom stereocenters. The van der Waals surface area contributed by atoms with Crippen molar-refractivity contribution in [2.45, 2.75) is 6.61 Å². The predicted molar refractivity (Wildman–Crippen MR) is 89.3 cm³/mol. The van der Waals surface area contributed by atoms with Crippen LogP contribution in [0.25, 0.3) is 6.08 Å². The van der Waals surface area contributed by atoms with Crippen molar-refractivity contribution in [1.82, 2.24) is 0 Å². The average Bonchev–Trinajstić information content (AvgIpc) is 2.97. The molecule has 2 aromatic carbocycles. The third-order valence-electron chi connectivity index (χ3n) is 3.30. The van der Waals surface area contributed by atoms with E-state index in [4.69, 9.17) is 4.74 Å². The van der Waals surface area contributed by atoms with Gasteiger partial charge in [0, 0.05) is 0 Å². The Bertz CT molecular complexity index is 858. The molecule has 1 heterocycles. The van der Waals surface area contributed by atoms with Gasteiger partial charge in [-0.3, -0.25) is 0 Å². The van der Waals surface area contributed by atoms with Crippen LogP contribution in [0.2, 0.25) is 0 Å². The van der Waals surface area contributed by atoms with Crippen molar-refractivity contribution in [3.05, 3.63) is 83.6 Å². The Kier molecular flexibility index (Phi) is 4.99. The van der Waals surface area contributed by atoms with Crippen LogP contribution in [0.3, 0.4) is 0 Å². The number of cyclic esters (lactones) is 1. The van der Waals surface area contributed by atoms with Crippen molar-refractivity contribution < 1.29 is 23.0 Å². The Hall–Kier alpha value is -3.28. The van der Waals surface area contributed by atoms with Gasteiger partial charge in [-0.05, 0) is 23.8 Å². The number of carbonyl (C=O) groups excluding carboxylic acids is 1. The molecule has 4 nitrogen and oxygen atoms in total. The second kappa shape index (κ2) is 7.53. The minimum Gasteiger partial charge on any atom is -0.434 e. The van der Waals surface area contributed by atoms with Gasteiger partial charge in [-0.1, -0.05) is 54.6 Å². The predicted octanol–water partition coefficient (Wildman–Crippen LogP) is 4.19. The molecule has 1 aliphatic heterocycles. The van der Waals surface area contributed by atoms with E-state index in [-0.39, 0.29) is 22.9 Å². The molecule has 0 fully saturated rings. The molecule has 3 rings (SSSR count). The maximum Gasteiger partial charge on any atom is 0.387 e. The number of halogens is 2. The number of allylic oxidation sites excluding steroid dienone is 2. The fourth-order valence-electron chi connectivity index (χ4n) is 2.20. The second-order valence-electron chi connectivity index (χ2n) is 5.00. The van der Waals surface area contributed by atoms with Gasteiger partial charge in [0.05, 0.1) is 5.56 Å². The van der Waals surface area contributed by atoms with Gasteiger partial charge in [-0.15, -0.1) is 0 Å². The van der Waals surface area contributed by atoms with E-state index < -0.39 is 12.6 Å². The minimum absolute atomic E-state index is 0.0689. The number of esters is 1. The van der Waals surface area contributed by atoms with E-state index in [2.05, 4.69) is 9.73 Å². The molecule has 0 saturated carbocycles. The fraction of sp³-hybridized carbons (Fsp3) is 0.0526. The van der Waals surface area contributed by atoms with Crippen molar-refractivity contribution in [3.8, 4) is 5.75 Å². The molecule has 0 saturated heterocycles. The maximum absolute atomic E-state index is 12.5. The molecule has 25 heavy (non-hydrogen) atoms. The van der Waals surface area contributed by atoms with Crippen molar-refractivity contribution in [2.75, 3.05) is 0 Å². The van der Waals surface area contributed by atoms with Gasteiger partial charge in [0.15, 0.2) is 5.70 Å². The summed E-state index contributed by atoms with van der Waals surface area (Å²) in [4.78, 5) is 16.0. The molecule has 2 aromatic rings. The monoisotopic (exact) mass is 341 g/mol. The molecular weight excluding hydrogens is 328 g/mol. The third-order valence-corrected chi connectivity index (χ3v) is 3.30. The number of nitrogens with zero attached hydrogens (tertiary/aromatic N) is 1. The van der Waals surface area contributed by atoms with Crippen LogP contribution in [0, 0.1) is 0 Å². The summed E-state index contributed by atoms with van der Waals surface area (Å²) in [6, 6.07) is 15.5. The Labute approximate surface area is 142 Å². The molecule has 0 radical (unpaired) electrons. The number of ether oxygens (including phenoxy) is 2. The molecule has 0 N–H and O–H groups in total. The van der Waals surface area contributed by atoms with Gasteiger partial charge in [0.25, 0.3) is 0 Å².